The van der Waals surface area contributed by atoms with E-state index in [2.05, 4.69) is 13.8 Å². The van der Waals surface area contributed by atoms with Crippen molar-refractivity contribution in [2.24, 2.45) is 0 Å². The summed E-state index contributed by atoms with van der Waals surface area (Å²) in [5.74, 6) is 1.92. The van der Waals surface area contributed by atoms with E-state index in [-0.39, 0.29) is 5.78 Å². The predicted octanol–water partition coefficient (Wildman–Crippen LogP) is 4.62. The minimum Gasteiger partial charge on any atom is -0.494 e. The lowest BCUT2D eigenvalue weighted by atomic mass is 10.0. The molecule has 0 heterocycles. The maximum atomic E-state index is 12.2. The van der Waals surface area contributed by atoms with Crippen molar-refractivity contribution in [3.8, 4) is 11.5 Å². The van der Waals surface area contributed by atoms with Gasteiger partial charge in [0.2, 0.25) is 0 Å². The number of Topliss-reactive ketones (excluding diaryl/α,β-unsaturated/α-hetero) is 1. The fourth-order valence-electron chi connectivity index (χ4n) is 2.36. The molecule has 0 amide bonds. The zero-order valence-electron chi connectivity index (χ0n) is 14.6. The summed E-state index contributed by atoms with van der Waals surface area (Å²) in [6, 6.07) is 15.6. The highest BCUT2D eigenvalue weighted by Gasteiger charge is 2.06. The quantitative estimate of drug-likeness (QED) is 0.639. The molecule has 0 saturated carbocycles. The van der Waals surface area contributed by atoms with Crippen LogP contribution in [-0.4, -0.2) is 19.0 Å². The first kappa shape index (κ1) is 18.1. The fourth-order valence-corrected chi connectivity index (χ4v) is 2.36. The van der Waals surface area contributed by atoms with Crippen molar-refractivity contribution < 1.29 is 14.3 Å². The van der Waals surface area contributed by atoms with Crippen LogP contribution in [0.3, 0.4) is 0 Å². The Morgan fingerprint density at radius 1 is 0.708 bits per heavy atom. The second kappa shape index (κ2) is 9.76. The summed E-state index contributed by atoms with van der Waals surface area (Å²) >= 11 is 0. The van der Waals surface area contributed by atoms with E-state index in [4.69, 9.17) is 9.47 Å². The number of hydrogen-bond acceptors (Lipinski definition) is 3. The number of rotatable bonds is 10. The molecule has 0 N–H and O–H groups in total. The number of hydrogen-bond donors (Lipinski definition) is 0. The highest BCUT2D eigenvalue weighted by molar-refractivity contribution is 5.83. The van der Waals surface area contributed by atoms with Crippen molar-refractivity contribution in [3.63, 3.8) is 0 Å². The molecule has 0 bridgehead atoms. The van der Waals surface area contributed by atoms with E-state index in [0.29, 0.717) is 12.8 Å². The van der Waals surface area contributed by atoms with Gasteiger partial charge in [-0.2, -0.15) is 0 Å². The fraction of sp³-hybridized carbons (Fsp3) is 0.381. The highest BCUT2D eigenvalue weighted by Crippen LogP contribution is 2.15. The van der Waals surface area contributed by atoms with Gasteiger partial charge in [-0.15, -0.1) is 0 Å². The zero-order chi connectivity index (χ0) is 17.2. The maximum Gasteiger partial charge on any atom is 0.141 e. The van der Waals surface area contributed by atoms with Crippen LogP contribution in [-0.2, 0) is 17.6 Å². The third-order valence-corrected chi connectivity index (χ3v) is 3.59. The highest BCUT2D eigenvalue weighted by atomic mass is 16.5. The van der Waals surface area contributed by atoms with Crippen molar-refractivity contribution in [3.05, 3.63) is 59.7 Å². The molecular weight excluding hydrogens is 300 g/mol. The van der Waals surface area contributed by atoms with E-state index in [1.165, 1.54) is 0 Å². The van der Waals surface area contributed by atoms with Gasteiger partial charge in [-0.05, 0) is 48.2 Å². The van der Waals surface area contributed by atoms with E-state index >= 15 is 0 Å². The molecule has 3 heteroatoms. The molecule has 0 aliphatic carbocycles. The van der Waals surface area contributed by atoms with Gasteiger partial charge in [-0.3, -0.25) is 4.79 Å². The third-order valence-electron chi connectivity index (χ3n) is 3.59. The van der Waals surface area contributed by atoms with Crippen LogP contribution in [0.2, 0.25) is 0 Å². The molecule has 24 heavy (non-hydrogen) atoms. The number of ether oxygens (including phenoxy) is 2. The van der Waals surface area contributed by atoms with Crippen molar-refractivity contribution in [2.45, 2.75) is 39.5 Å². The summed E-state index contributed by atoms with van der Waals surface area (Å²) in [5, 5.41) is 0. The Morgan fingerprint density at radius 2 is 1.08 bits per heavy atom. The Balaban J connectivity index is 1.84. The molecule has 0 unspecified atom stereocenters. The van der Waals surface area contributed by atoms with Gasteiger partial charge in [0.05, 0.1) is 13.2 Å². The lowest BCUT2D eigenvalue weighted by Crippen LogP contribution is -2.06. The van der Waals surface area contributed by atoms with E-state index in [1.54, 1.807) is 0 Å². The second-order valence-electron chi connectivity index (χ2n) is 5.88. The standard InChI is InChI=1S/C21H26O3/c1-3-13-23-20-9-5-17(6-10-20)15-19(22)16-18-7-11-21(12-8-18)24-14-4-2/h5-12H,3-4,13-16H2,1-2H3. The lowest BCUT2D eigenvalue weighted by Gasteiger charge is -2.07. The van der Waals surface area contributed by atoms with Crippen LogP contribution < -0.4 is 9.47 Å². The summed E-state index contributed by atoms with van der Waals surface area (Å²) in [5.41, 5.74) is 2.04. The molecule has 2 aromatic rings. The molecule has 0 aliphatic heterocycles. The summed E-state index contributed by atoms with van der Waals surface area (Å²) in [7, 11) is 0. The Hall–Kier alpha value is -2.29. The largest absolute Gasteiger partial charge is 0.494 e. The predicted molar refractivity (Wildman–Crippen MR) is 96.9 cm³/mol. The lowest BCUT2D eigenvalue weighted by molar-refractivity contribution is -0.117. The van der Waals surface area contributed by atoms with Crippen LogP contribution in [0.1, 0.15) is 37.8 Å². The first-order valence-electron chi connectivity index (χ1n) is 8.66. The van der Waals surface area contributed by atoms with Crippen molar-refractivity contribution in [1.29, 1.82) is 0 Å². The number of carbonyl (C=O) groups is 1. The van der Waals surface area contributed by atoms with Gasteiger partial charge in [-0.25, -0.2) is 0 Å². The molecule has 0 aliphatic rings. The summed E-state index contributed by atoms with van der Waals surface area (Å²) in [6.45, 7) is 5.59. The smallest absolute Gasteiger partial charge is 0.141 e. The van der Waals surface area contributed by atoms with Gasteiger partial charge in [0.25, 0.3) is 0 Å². The van der Waals surface area contributed by atoms with E-state index in [0.717, 1.165) is 48.7 Å². The molecule has 0 atom stereocenters. The Kier molecular flexibility index (Phi) is 7.34. The Labute approximate surface area is 144 Å². The third kappa shape index (κ3) is 6.07. The van der Waals surface area contributed by atoms with Crippen LogP contribution in [0.25, 0.3) is 0 Å². The maximum absolute atomic E-state index is 12.2. The van der Waals surface area contributed by atoms with Gasteiger partial charge in [-0.1, -0.05) is 38.1 Å². The zero-order valence-corrected chi connectivity index (χ0v) is 14.6. The molecule has 0 aromatic heterocycles. The average molecular weight is 326 g/mol. The minimum atomic E-state index is 0.208. The van der Waals surface area contributed by atoms with Crippen molar-refractivity contribution in [1.82, 2.24) is 0 Å². The Morgan fingerprint density at radius 3 is 1.42 bits per heavy atom. The average Bonchev–Trinajstić information content (AvgIpc) is 2.60. The number of benzene rings is 2. The summed E-state index contributed by atoms with van der Waals surface area (Å²) in [6.07, 6.45) is 2.87. The SMILES string of the molecule is CCCOc1ccc(CC(=O)Cc2ccc(OCCC)cc2)cc1. The molecule has 128 valence electrons. The number of ketones is 1. The van der Waals surface area contributed by atoms with E-state index in [1.807, 2.05) is 48.5 Å². The van der Waals surface area contributed by atoms with Crippen LogP contribution in [0, 0.1) is 0 Å². The summed E-state index contributed by atoms with van der Waals surface area (Å²) < 4.78 is 11.1. The molecule has 2 rings (SSSR count). The monoisotopic (exact) mass is 326 g/mol. The molecule has 2 aromatic carbocycles. The van der Waals surface area contributed by atoms with Gasteiger partial charge in [0, 0.05) is 12.8 Å². The first-order valence-corrected chi connectivity index (χ1v) is 8.66. The van der Waals surface area contributed by atoms with Crippen LogP contribution in [0.5, 0.6) is 11.5 Å². The topological polar surface area (TPSA) is 35.5 Å². The van der Waals surface area contributed by atoms with Crippen molar-refractivity contribution >= 4 is 5.78 Å². The second-order valence-corrected chi connectivity index (χ2v) is 5.88. The molecule has 0 saturated heterocycles. The van der Waals surface area contributed by atoms with Gasteiger partial charge >= 0.3 is 0 Å². The van der Waals surface area contributed by atoms with Crippen molar-refractivity contribution in [2.75, 3.05) is 13.2 Å². The van der Waals surface area contributed by atoms with E-state index in [9.17, 15) is 4.79 Å². The van der Waals surface area contributed by atoms with Crippen LogP contribution in [0.15, 0.2) is 48.5 Å². The molecule has 0 fully saturated rings. The molecule has 3 nitrogen and oxygen atoms in total. The van der Waals surface area contributed by atoms with Gasteiger partial charge in [0.15, 0.2) is 0 Å². The molecule has 0 radical (unpaired) electrons. The normalized spacial score (nSPS) is 10.4. The van der Waals surface area contributed by atoms with Gasteiger partial charge in [0.1, 0.15) is 17.3 Å². The number of carbonyl (C=O) groups excluding carboxylic acids is 1. The molecule has 0 spiro atoms. The Bertz CT molecular complexity index is 559. The molecular formula is C21H26O3. The van der Waals surface area contributed by atoms with Crippen LogP contribution in [0.4, 0.5) is 0 Å². The van der Waals surface area contributed by atoms with E-state index < -0.39 is 0 Å². The summed E-state index contributed by atoms with van der Waals surface area (Å²) in [4.78, 5) is 12.2. The van der Waals surface area contributed by atoms with Crippen LogP contribution >= 0.6 is 0 Å². The van der Waals surface area contributed by atoms with Gasteiger partial charge < -0.3 is 9.47 Å². The first-order chi connectivity index (χ1) is 11.7. The minimum absolute atomic E-state index is 0.208.